The second-order valence-electron chi connectivity index (χ2n) is 5.57. The maximum absolute atomic E-state index is 12.5. The molecule has 7 heteroatoms. The maximum atomic E-state index is 12.5. The van der Waals surface area contributed by atoms with Crippen molar-refractivity contribution in [1.29, 1.82) is 0 Å². The lowest BCUT2D eigenvalue weighted by Crippen LogP contribution is -2.48. The summed E-state index contributed by atoms with van der Waals surface area (Å²) in [4.78, 5) is 0.340. The van der Waals surface area contributed by atoms with Crippen molar-refractivity contribution in [3.63, 3.8) is 0 Å². The number of piperidine rings is 1. The Kier molecular flexibility index (Phi) is 5.14. The van der Waals surface area contributed by atoms with Gasteiger partial charge in [-0.25, -0.2) is 13.1 Å². The van der Waals surface area contributed by atoms with Gasteiger partial charge in [0.2, 0.25) is 10.0 Å². The fourth-order valence-electron chi connectivity index (χ4n) is 2.79. The van der Waals surface area contributed by atoms with E-state index in [1.54, 1.807) is 18.2 Å². The normalized spacial score (nSPS) is 24.8. The molecule has 0 aliphatic carbocycles. The van der Waals surface area contributed by atoms with Gasteiger partial charge < -0.3 is 10.1 Å². The lowest BCUT2D eigenvalue weighted by molar-refractivity contribution is 0.328. The minimum Gasteiger partial charge on any atom is -0.493 e. The molecule has 2 unspecified atom stereocenters. The molecule has 0 aromatic heterocycles. The molecular formula is C14H21ClN2O3S. The van der Waals surface area contributed by atoms with Crippen molar-refractivity contribution in [2.24, 2.45) is 5.92 Å². The van der Waals surface area contributed by atoms with Gasteiger partial charge in [0, 0.05) is 12.5 Å². The van der Waals surface area contributed by atoms with Crippen molar-refractivity contribution in [2.75, 3.05) is 19.7 Å². The third-order valence-corrected chi connectivity index (χ3v) is 5.55. The Balaban J connectivity index is 0.00000161. The minimum absolute atomic E-state index is 0. The topological polar surface area (TPSA) is 67.4 Å². The number of ether oxygens (including phenoxy) is 1. The molecule has 3 rings (SSSR count). The van der Waals surface area contributed by atoms with Gasteiger partial charge in [-0.3, -0.25) is 0 Å². The summed E-state index contributed by atoms with van der Waals surface area (Å²) >= 11 is 0. The molecule has 118 valence electrons. The summed E-state index contributed by atoms with van der Waals surface area (Å²) in [5.41, 5.74) is 0.978. The molecule has 0 spiro atoms. The highest BCUT2D eigenvalue weighted by Crippen LogP contribution is 2.28. The van der Waals surface area contributed by atoms with E-state index in [9.17, 15) is 8.42 Å². The van der Waals surface area contributed by atoms with E-state index < -0.39 is 10.0 Å². The highest BCUT2D eigenvalue weighted by atomic mass is 35.5. The molecule has 2 heterocycles. The molecule has 2 N–H and O–H groups in total. The van der Waals surface area contributed by atoms with Crippen molar-refractivity contribution in [3.8, 4) is 5.75 Å². The summed E-state index contributed by atoms with van der Waals surface area (Å²) in [6.07, 6.45) is 1.61. The summed E-state index contributed by atoms with van der Waals surface area (Å²) in [6.45, 7) is 4.41. The Morgan fingerprint density at radius 2 is 2.19 bits per heavy atom. The zero-order chi connectivity index (χ0) is 14.2. The largest absolute Gasteiger partial charge is 0.493 e. The quantitative estimate of drug-likeness (QED) is 0.876. The Hall–Kier alpha value is -0.820. The van der Waals surface area contributed by atoms with Gasteiger partial charge in [-0.1, -0.05) is 6.92 Å². The van der Waals surface area contributed by atoms with E-state index in [1.807, 2.05) is 0 Å². The summed E-state index contributed by atoms with van der Waals surface area (Å²) in [5.74, 6) is 1.11. The molecule has 2 atom stereocenters. The monoisotopic (exact) mass is 332 g/mol. The molecular weight excluding hydrogens is 312 g/mol. The van der Waals surface area contributed by atoms with E-state index >= 15 is 0 Å². The Labute approximate surface area is 131 Å². The highest BCUT2D eigenvalue weighted by Gasteiger charge is 2.27. The average Bonchev–Trinajstić information content (AvgIpc) is 2.88. The first-order valence-corrected chi connectivity index (χ1v) is 8.53. The van der Waals surface area contributed by atoms with Crippen molar-refractivity contribution < 1.29 is 13.2 Å². The summed E-state index contributed by atoms with van der Waals surface area (Å²) in [6, 6.07) is 5.11. The van der Waals surface area contributed by atoms with E-state index in [4.69, 9.17) is 4.74 Å². The lowest BCUT2D eigenvalue weighted by atomic mass is 9.97. The van der Waals surface area contributed by atoms with Crippen LogP contribution in [-0.4, -0.2) is 34.2 Å². The maximum Gasteiger partial charge on any atom is 0.240 e. The number of benzene rings is 1. The van der Waals surface area contributed by atoms with Crippen LogP contribution in [0.25, 0.3) is 0 Å². The van der Waals surface area contributed by atoms with Gasteiger partial charge in [0.25, 0.3) is 0 Å². The molecule has 0 saturated carbocycles. The first-order valence-electron chi connectivity index (χ1n) is 7.05. The van der Waals surface area contributed by atoms with E-state index in [0.717, 1.165) is 37.2 Å². The molecule has 0 amide bonds. The fraction of sp³-hybridized carbons (Fsp3) is 0.571. The highest BCUT2D eigenvalue weighted by molar-refractivity contribution is 7.89. The van der Waals surface area contributed by atoms with Gasteiger partial charge in [-0.15, -0.1) is 12.4 Å². The number of halogens is 1. The lowest BCUT2D eigenvalue weighted by Gasteiger charge is -2.30. The second kappa shape index (κ2) is 6.52. The predicted octanol–water partition coefficient (Wildman–Crippen LogP) is 1.32. The van der Waals surface area contributed by atoms with E-state index in [2.05, 4.69) is 17.0 Å². The Morgan fingerprint density at radius 3 is 2.95 bits per heavy atom. The first kappa shape index (κ1) is 16.5. The number of fused-ring (bicyclic) bond motifs is 1. The molecule has 1 aromatic rings. The summed E-state index contributed by atoms with van der Waals surface area (Å²) in [5, 5.41) is 3.27. The first-order chi connectivity index (χ1) is 9.56. The van der Waals surface area contributed by atoms with Gasteiger partial charge in [-0.2, -0.15) is 0 Å². The van der Waals surface area contributed by atoms with Crippen LogP contribution in [0.5, 0.6) is 5.75 Å². The van der Waals surface area contributed by atoms with Gasteiger partial charge in [-0.05, 0) is 49.2 Å². The molecule has 1 saturated heterocycles. The number of sulfonamides is 1. The van der Waals surface area contributed by atoms with Crippen LogP contribution in [0.1, 0.15) is 18.9 Å². The van der Waals surface area contributed by atoms with Crippen LogP contribution in [-0.2, 0) is 16.4 Å². The third kappa shape index (κ3) is 3.51. The molecule has 1 fully saturated rings. The SMILES string of the molecule is CC1CNCCC1NS(=O)(=O)c1ccc2c(c1)CCO2.Cl. The number of hydrogen-bond donors (Lipinski definition) is 2. The van der Waals surface area contributed by atoms with Crippen LogP contribution in [0.2, 0.25) is 0 Å². The van der Waals surface area contributed by atoms with Gasteiger partial charge in [0.15, 0.2) is 0 Å². The molecule has 0 radical (unpaired) electrons. The summed E-state index contributed by atoms with van der Waals surface area (Å²) in [7, 11) is -3.45. The molecule has 2 aliphatic rings. The van der Waals surface area contributed by atoms with Crippen LogP contribution >= 0.6 is 12.4 Å². The summed E-state index contributed by atoms with van der Waals surface area (Å²) < 4.78 is 33.2. The Morgan fingerprint density at radius 1 is 1.38 bits per heavy atom. The smallest absolute Gasteiger partial charge is 0.240 e. The zero-order valence-electron chi connectivity index (χ0n) is 12.0. The van der Waals surface area contributed by atoms with Gasteiger partial charge in [0.05, 0.1) is 11.5 Å². The van der Waals surface area contributed by atoms with Crippen LogP contribution in [0, 0.1) is 5.92 Å². The van der Waals surface area contributed by atoms with Crippen LogP contribution in [0.15, 0.2) is 23.1 Å². The second-order valence-corrected chi connectivity index (χ2v) is 7.28. The number of rotatable bonds is 3. The van der Waals surface area contributed by atoms with E-state index in [0.29, 0.717) is 17.4 Å². The standard InChI is InChI=1S/C14H20N2O3S.ClH/c1-10-9-15-6-4-13(10)16-20(17,18)12-2-3-14-11(8-12)5-7-19-14;/h2-3,8,10,13,15-16H,4-7,9H2,1H3;1H. The van der Waals surface area contributed by atoms with E-state index in [1.165, 1.54) is 0 Å². The number of hydrogen-bond acceptors (Lipinski definition) is 4. The van der Waals surface area contributed by atoms with Crippen molar-refractivity contribution in [3.05, 3.63) is 23.8 Å². The van der Waals surface area contributed by atoms with Crippen LogP contribution in [0.3, 0.4) is 0 Å². The molecule has 5 nitrogen and oxygen atoms in total. The third-order valence-electron chi connectivity index (χ3n) is 4.06. The molecule has 1 aromatic carbocycles. The van der Waals surface area contributed by atoms with Crippen molar-refractivity contribution in [1.82, 2.24) is 10.0 Å². The molecule has 21 heavy (non-hydrogen) atoms. The average molecular weight is 333 g/mol. The Bertz CT molecular complexity index is 606. The number of nitrogens with one attached hydrogen (secondary N) is 2. The minimum atomic E-state index is -3.45. The predicted molar refractivity (Wildman–Crippen MR) is 83.6 cm³/mol. The van der Waals surface area contributed by atoms with Crippen molar-refractivity contribution >= 4 is 22.4 Å². The molecule has 2 aliphatic heterocycles. The fourth-order valence-corrected chi connectivity index (χ4v) is 4.22. The van der Waals surface area contributed by atoms with Crippen LogP contribution < -0.4 is 14.8 Å². The molecule has 0 bridgehead atoms. The van der Waals surface area contributed by atoms with Gasteiger partial charge in [0.1, 0.15) is 5.75 Å². The van der Waals surface area contributed by atoms with Crippen LogP contribution in [0.4, 0.5) is 0 Å². The van der Waals surface area contributed by atoms with E-state index in [-0.39, 0.29) is 18.4 Å². The van der Waals surface area contributed by atoms with Crippen molar-refractivity contribution in [2.45, 2.75) is 30.7 Å². The zero-order valence-corrected chi connectivity index (χ0v) is 13.6. The van der Waals surface area contributed by atoms with Gasteiger partial charge >= 0.3 is 0 Å².